The van der Waals surface area contributed by atoms with Crippen LogP contribution in [0.2, 0.25) is 0 Å². The second-order valence-electron chi connectivity index (χ2n) is 1.97. The molecule has 13 heavy (non-hydrogen) atoms. The van der Waals surface area contributed by atoms with Crippen molar-refractivity contribution in [2.45, 2.75) is 13.1 Å². The van der Waals surface area contributed by atoms with Gasteiger partial charge in [0.25, 0.3) is 12.0 Å². The minimum absolute atomic E-state index is 0.0618. The Labute approximate surface area is 73.8 Å². The van der Waals surface area contributed by atoms with Crippen LogP contribution >= 0.6 is 0 Å². The molecule has 6 heteroatoms. The second kappa shape index (κ2) is 5.23. The Kier molecular flexibility index (Phi) is 4.64. The molecule has 0 radical (unpaired) electrons. The fourth-order valence-corrected chi connectivity index (χ4v) is 0.527. The van der Waals surface area contributed by atoms with Gasteiger partial charge in [-0.3, -0.25) is 4.79 Å². The monoisotopic (exact) mass is 192 g/mol. The molecule has 0 heterocycles. The van der Waals surface area contributed by atoms with E-state index in [1.807, 2.05) is 0 Å². The Hall–Kier alpha value is -1.46. The molecule has 0 aromatic heterocycles. The molecular weight excluding hydrogens is 183 g/mol. The fourth-order valence-electron chi connectivity index (χ4n) is 0.527. The van der Waals surface area contributed by atoms with Crippen LogP contribution < -0.4 is 0 Å². The summed E-state index contributed by atoms with van der Waals surface area (Å²) >= 11 is 0. The highest BCUT2D eigenvalue weighted by atomic mass is 19.1. The molecule has 5 nitrogen and oxygen atoms in total. The molecule has 1 atom stereocenters. The molecule has 0 aliphatic carbocycles. The summed E-state index contributed by atoms with van der Waals surface area (Å²) < 4.78 is 20.8. The van der Waals surface area contributed by atoms with Gasteiger partial charge in [-0.05, 0) is 6.92 Å². The first-order chi connectivity index (χ1) is 6.04. The predicted molar refractivity (Wildman–Crippen MR) is 38.6 cm³/mol. The van der Waals surface area contributed by atoms with Crippen molar-refractivity contribution in [3.05, 3.63) is 0 Å². The fraction of sp³-hybridized carbons (Fsp3) is 0.571. The third-order valence-electron chi connectivity index (χ3n) is 1.11. The van der Waals surface area contributed by atoms with Gasteiger partial charge in [0.1, 0.15) is 0 Å². The van der Waals surface area contributed by atoms with Crippen LogP contribution in [0.25, 0.3) is 0 Å². The molecule has 1 unspecified atom stereocenters. The number of esters is 2. The lowest BCUT2D eigenvalue weighted by molar-refractivity contribution is -0.161. The summed E-state index contributed by atoms with van der Waals surface area (Å²) in [7, 11) is 0.915. The van der Waals surface area contributed by atoms with Gasteiger partial charge in [0.05, 0.1) is 13.7 Å². The van der Waals surface area contributed by atoms with E-state index in [1.54, 1.807) is 0 Å². The summed E-state index contributed by atoms with van der Waals surface area (Å²) in [4.78, 5) is 31.7. The standard InChI is InChI=1S/C7H9FO5/c1-3-13-6(10)4(8)5(9)7(11)12-2/h4H,3H2,1-2H3. The summed E-state index contributed by atoms with van der Waals surface area (Å²) in [6.45, 7) is 1.39. The van der Waals surface area contributed by atoms with E-state index in [2.05, 4.69) is 9.47 Å². The average Bonchev–Trinajstić information content (AvgIpc) is 2.14. The number of rotatable bonds is 4. The zero-order valence-electron chi connectivity index (χ0n) is 7.20. The Bertz CT molecular complexity index is 225. The molecule has 0 rings (SSSR count). The van der Waals surface area contributed by atoms with Crippen molar-refractivity contribution in [3.63, 3.8) is 0 Å². The SMILES string of the molecule is CCOC(=O)C(F)C(=O)C(=O)OC. The van der Waals surface area contributed by atoms with Gasteiger partial charge in [-0.2, -0.15) is 0 Å². The van der Waals surface area contributed by atoms with Crippen LogP contribution in [0.4, 0.5) is 4.39 Å². The molecule has 0 N–H and O–H groups in total. The number of ketones is 1. The molecule has 0 bridgehead atoms. The van der Waals surface area contributed by atoms with E-state index in [9.17, 15) is 18.8 Å². The van der Waals surface area contributed by atoms with Gasteiger partial charge in [0.2, 0.25) is 0 Å². The Morgan fingerprint density at radius 3 is 2.31 bits per heavy atom. The molecule has 0 amide bonds. The lowest BCUT2D eigenvalue weighted by Crippen LogP contribution is -2.33. The van der Waals surface area contributed by atoms with Gasteiger partial charge in [-0.25, -0.2) is 14.0 Å². The van der Waals surface area contributed by atoms with Gasteiger partial charge in [-0.1, -0.05) is 0 Å². The molecular formula is C7H9FO5. The van der Waals surface area contributed by atoms with E-state index < -0.39 is 23.9 Å². The van der Waals surface area contributed by atoms with Gasteiger partial charge >= 0.3 is 11.9 Å². The second-order valence-corrected chi connectivity index (χ2v) is 1.97. The maximum Gasteiger partial charge on any atom is 0.378 e. The van der Waals surface area contributed by atoms with E-state index in [-0.39, 0.29) is 6.61 Å². The number of Topliss-reactive ketones (excluding diaryl/α,β-unsaturated/α-hetero) is 1. The number of halogens is 1. The van der Waals surface area contributed by atoms with Gasteiger partial charge in [-0.15, -0.1) is 0 Å². The van der Waals surface area contributed by atoms with Crippen LogP contribution in [0, 0.1) is 0 Å². The van der Waals surface area contributed by atoms with Crippen molar-refractivity contribution in [3.8, 4) is 0 Å². The van der Waals surface area contributed by atoms with Crippen LogP contribution in [0.1, 0.15) is 6.92 Å². The Morgan fingerprint density at radius 2 is 1.92 bits per heavy atom. The minimum atomic E-state index is -2.59. The summed E-state index contributed by atoms with van der Waals surface area (Å²) in [5.41, 5.74) is 0. The highest BCUT2D eigenvalue weighted by Crippen LogP contribution is 1.98. The number of carbonyl (C=O) groups excluding carboxylic acids is 3. The number of alkyl halides is 1. The normalized spacial score (nSPS) is 11.6. The number of methoxy groups -OCH3 is 1. The third kappa shape index (κ3) is 3.18. The average molecular weight is 192 g/mol. The molecule has 0 aliphatic heterocycles. The zero-order chi connectivity index (χ0) is 10.4. The van der Waals surface area contributed by atoms with Crippen LogP contribution in [-0.4, -0.2) is 37.6 Å². The largest absolute Gasteiger partial charge is 0.463 e. The molecule has 0 fully saturated rings. The lowest BCUT2D eigenvalue weighted by atomic mass is 10.2. The van der Waals surface area contributed by atoms with Crippen molar-refractivity contribution in [1.29, 1.82) is 0 Å². The number of hydrogen-bond donors (Lipinski definition) is 0. The van der Waals surface area contributed by atoms with Crippen LogP contribution in [0.5, 0.6) is 0 Å². The maximum atomic E-state index is 12.7. The van der Waals surface area contributed by atoms with Gasteiger partial charge in [0, 0.05) is 0 Å². The molecule has 0 aromatic carbocycles. The predicted octanol–water partition coefficient (Wildman–Crippen LogP) is -0.370. The highest BCUT2D eigenvalue weighted by Gasteiger charge is 2.33. The molecule has 0 spiro atoms. The third-order valence-corrected chi connectivity index (χ3v) is 1.11. The maximum absolute atomic E-state index is 12.7. The van der Waals surface area contributed by atoms with Crippen molar-refractivity contribution in [2.24, 2.45) is 0 Å². The smallest absolute Gasteiger partial charge is 0.378 e. The topological polar surface area (TPSA) is 69.7 Å². The summed E-state index contributed by atoms with van der Waals surface area (Å²) in [5, 5.41) is 0. The number of hydrogen-bond acceptors (Lipinski definition) is 5. The van der Waals surface area contributed by atoms with Crippen molar-refractivity contribution in [2.75, 3.05) is 13.7 Å². The van der Waals surface area contributed by atoms with Gasteiger partial charge < -0.3 is 9.47 Å². The van der Waals surface area contributed by atoms with Crippen molar-refractivity contribution in [1.82, 2.24) is 0 Å². The van der Waals surface area contributed by atoms with Crippen LogP contribution in [0.3, 0.4) is 0 Å². The zero-order valence-corrected chi connectivity index (χ0v) is 7.20. The van der Waals surface area contributed by atoms with Crippen LogP contribution in [0.15, 0.2) is 0 Å². The first-order valence-electron chi connectivity index (χ1n) is 3.47. The quantitative estimate of drug-likeness (QED) is 0.345. The molecule has 0 saturated carbocycles. The molecule has 0 aliphatic rings. The van der Waals surface area contributed by atoms with E-state index >= 15 is 0 Å². The van der Waals surface area contributed by atoms with Crippen molar-refractivity contribution < 1.29 is 28.2 Å². The molecule has 0 saturated heterocycles. The summed E-state index contributed by atoms with van der Waals surface area (Å²) in [5.74, 6) is -4.33. The molecule has 74 valence electrons. The first kappa shape index (κ1) is 11.5. The highest BCUT2D eigenvalue weighted by molar-refractivity contribution is 6.39. The number of ether oxygens (including phenoxy) is 2. The Morgan fingerprint density at radius 1 is 1.38 bits per heavy atom. The Balaban J connectivity index is 4.25. The summed E-state index contributed by atoms with van der Waals surface area (Å²) in [6, 6.07) is 0. The number of carbonyl (C=O) groups is 3. The van der Waals surface area contributed by atoms with Gasteiger partial charge in [0.15, 0.2) is 0 Å². The van der Waals surface area contributed by atoms with Crippen molar-refractivity contribution >= 4 is 17.7 Å². The lowest BCUT2D eigenvalue weighted by Gasteiger charge is -2.04. The molecule has 0 aromatic rings. The first-order valence-corrected chi connectivity index (χ1v) is 3.47. The summed E-state index contributed by atoms with van der Waals surface area (Å²) in [6.07, 6.45) is -2.59. The van der Waals surface area contributed by atoms with E-state index in [4.69, 9.17) is 0 Å². The minimum Gasteiger partial charge on any atom is -0.463 e. The van der Waals surface area contributed by atoms with E-state index in [1.165, 1.54) is 6.92 Å². The van der Waals surface area contributed by atoms with Crippen LogP contribution in [-0.2, 0) is 23.9 Å². The van der Waals surface area contributed by atoms with E-state index in [0.29, 0.717) is 0 Å². The van der Waals surface area contributed by atoms with E-state index in [0.717, 1.165) is 7.11 Å².